The summed E-state index contributed by atoms with van der Waals surface area (Å²) in [5, 5.41) is 9.21. The van der Waals surface area contributed by atoms with Crippen LogP contribution in [-0.2, 0) is 16.6 Å². The molecule has 0 saturated heterocycles. The number of hydrogen-bond acceptors (Lipinski definition) is 3. The Balaban J connectivity index is 2.23. The van der Waals surface area contributed by atoms with Crippen molar-refractivity contribution in [2.75, 3.05) is 0 Å². The maximum atomic E-state index is 12.2. The van der Waals surface area contributed by atoms with Crippen molar-refractivity contribution >= 4 is 21.6 Å². The summed E-state index contributed by atoms with van der Waals surface area (Å²) in [6, 6.07) is 4.50. The molecule has 0 aromatic heterocycles. The molecule has 0 radical (unpaired) electrons. The molecular weight excluding hydrogens is 274 g/mol. The second-order valence-corrected chi connectivity index (χ2v) is 6.91. The lowest BCUT2D eigenvalue weighted by Crippen LogP contribution is -2.43. The summed E-state index contributed by atoms with van der Waals surface area (Å²) >= 11 is 5.91. The summed E-state index contributed by atoms with van der Waals surface area (Å²) in [4.78, 5) is 0.0373. The smallest absolute Gasteiger partial charge is 0.242 e. The van der Waals surface area contributed by atoms with Crippen LogP contribution >= 0.6 is 11.6 Å². The van der Waals surface area contributed by atoms with Crippen LogP contribution in [0.1, 0.15) is 25.3 Å². The van der Waals surface area contributed by atoms with Crippen LogP contribution in [0, 0.1) is 5.92 Å². The molecule has 0 bridgehead atoms. The van der Waals surface area contributed by atoms with Crippen LogP contribution in [0.3, 0.4) is 0 Å². The molecule has 0 aliphatic heterocycles. The van der Waals surface area contributed by atoms with Crippen LogP contribution in [0.2, 0.25) is 5.02 Å². The predicted octanol–water partition coefficient (Wildman–Crippen LogP) is 1.91. The lowest BCUT2D eigenvalue weighted by Gasteiger charge is -2.33. The highest BCUT2D eigenvalue weighted by atomic mass is 35.5. The molecule has 0 atom stereocenters. The zero-order valence-corrected chi connectivity index (χ0v) is 11.6. The lowest BCUT2D eigenvalue weighted by molar-refractivity contribution is 0.270. The molecule has 100 valence electrons. The minimum absolute atomic E-state index is 0.00107. The number of nitrogens with one attached hydrogen (secondary N) is 1. The van der Waals surface area contributed by atoms with Gasteiger partial charge in [0.05, 0.1) is 11.6 Å². The van der Waals surface area contributed by atoms with Crippen molar-refractivity contribution in [3.05, 3.63) is 28.8 Å². The molecule has 4 nitrogen and oxygen atoms in total. The van der Waals surface area contributed by atoms with Gasteiger partial charge in [0.25, 0.3) is 0 Å². The lowest BCUT2D eigenvalue weighted by atomic mass is 9.83. The van der Waals surface area contributed by atoms with E-state index in [4.69, 9.17) is 16.7 Å². The van der Waals surface area contributed by atoms with E-state index < -0.39 is 10.0 Å². The third-order valence-electron chi connectivity index (χ3n) is 3.16. The van der Waals surface area contributed by atoms with E-state index in [0.717, 1.165) is 12.8 Å². The van der Waals surface area contributed by atoms with Crippen molar-refractivity contribution in [3.63, 3.8) is 0 Å². The molecule has 2 N–H and O–H groups in total. The Labute approximate surface area is 112 Å². The van der Waals surface area contributed by atoms with Gasteiger partial charge in [-0.2, -0.15) is 0 Å². The Hall–Kier alpha value is -0.620. The van der Waals surface area contributed by atoms with Crippen LogP contribution in [0.5, 0.6) is 0 Å². The number of rotatable bonds is 4. The summed E-state index contributed by atoms with van der Waals surface area (Å²) in [6.45, 7) is 1.88. The van der Waals surface area contributed by atoms with Gasteiger partial charge in [-0.25, -0.2) is 13.1 Å². The van der Waals surface area contributed by atoms with E-state index in [1.165, 1.54) is 12.1 Å². The van der Waals surface area contributed by atoms with Gasteiger partial charge in [-0.05, 0) is 36.5 Å². The van der Waals surface area contributed by atoms with Gasteiger partial charge in [-0.1, -0.05) is 24.6 Å². The Bertz CT molecular complexity index is 538. The van der Waals surface area contributed by atoms with E-state index in [9.17, 15) is 8.42 Å². The Kier molecular flexibility index (Phi) is 3.96. The van der Waals surface area contributed by atoms with Crippen LogP contribution in [0.4, 0.5) is 0 Å². The van der Waals surface area contributed by atoms with E-state index in [0.29, 0.717) is 11.5 Å². The number of sulfonamides is 1. The maximum absolute atomic E-state index is 12.2. The van der Waals surface area contributed by atoms with Crippen molar-refractivity contribution in [1.82, 2.24) is 4.72 Å². The summed E-state index contributed by atoms with van der Waals surface area (Å²) in [7, 11) is -3.60. The largest absolute Gasteiger partial charge is 0.392 e. The van der Waals surface area contributed by atoms with E-state index >= 15 is 0 Å². The molecule has 0 unspecified atom stereocenters. The zero-order valence-electron chi connectivity index (χ0n) is 10.1. The Morgan fingerprint density at radius 2 is 2.11 bits per heavy atom. The Morgan fingerprint density at radius 1 is 1.44 bits per heavy atom. The van der Waals surface area contributed by atoms with Crippen LogP contribution in [0.15, 0.2) is 23.1 Å². The number of aliphatic hydroxyl groups is 1. The first-order valence-corrected chi connectivity index (χ1v) is 7.70. The standard InChI is InChI=1S/C12H16ClNO3S/c1-8-4-10(5-8)14-18(16,17)12-6-9(7-15)2-3-11(12)13/h2-3,6,8,10,14-15H,4-5,7H2,1H3. The molecule has 0 amide bonds. The summed E-state index contributed by atoms with van der Waals surface area (Å²) in [5.74, 6) is 0.567. The molecule has 18 heavy (non-hydrogen) atoms. The van der Waals surface area contributed by atoms with Crippen molar-refractivity contribution in [1.29, 1.82) is 0 Å². The average molecular weight is 290 g/mol. The minimum Gasteiger partial charge on any atom is -0.392 e. The van der Waals surface area contributed by atoms with E-state index in [1.807, 2.05) is 0 Å². The topological polar surface area (TPSA) is 66.4 Å². The number of halogens is 1. The SMILES string of the molecule is CC1CC(NS(=O)(=O)c2cc(CO)ccc2Cl)C1. The highest BCUT2D eigenvalue weighted by Gasteiger charge is 2.30. The molecule has 1 fully saturated rings. The molecule has 1 aromatic rings. The van der Waals surface area contributed by atoms with E-state index in [1.54, 1.807) is 6.07 Å². The van der Waals surface area contributed by atoms with Gasteiger partial charge in [-0.15, -0.1) is 0 Å². The molecule has 1 aliphatic carbocycles. The van der Waals surface area contributed by atoms with Crippen LogP contribution < -0.4 is 4.72 Å². The van der Waals surface area contributed by atoms with Gasteiger partial charge in [0.2, 0.25) is 10.0 Å². The third-order valence-corrected chi connectivity index (χ3v) is 5.17. The highest BCUT2D eigenvalue weighted by molar-refractivity contribution is 7.89. The fourth-order valence-electron chi connectivity index (χ4n) is 2.13. The quantitative estimate of drug-likeness (QED) is 0.890. The first-order valence-electron chi connectivity index (χ1n) is 5.84. The fourth-order valence-corrected chi connectivity index (χ4v) is 3.95. The molecule has 1 aliphatic rings. The van der Waals surface area contributed by atoms with Crippen molar-refractivity contribution < 1.29 is 13.5 Å². The minimum atomic E-state index is -3.60. The molecule has 2 rings (SSSR count). The first-order chi connectivity index (χ1) is 8.42. The van der Waals surface area contributed by atoms with Crippen molar-refractivity contribution in [3.8, 4) is 0 Å². The molecule has 6 heteroatoms. The number of hydrogen-bond donors (Lipinski definition) is 2. The second-order valence-electron chi connectivity index (χ2n) is 4.82. The zero-order chi connectivity index (χ0) is 13.3. The maximum Gasteiger partial charge on any atom is 0.242 e. The van der Waals surface area contributed by atoms with Crippen molar-refractivity contribution in [2.24, 2.45) is 5.92 Å². The normalized spacial score (nSPS) is 23.7. The fraction of sp³-hybridized carbons (Fsp3) is 0.500. The summed E-state index contributed by atoms with van der Waals surface area (Å²) < 4.78 is 26.9. The van der Waals surface area contributed by atoms with Gasteiger partial charge in [-0.3, -0.25) is 0 Å². The summed E-state index contributed by atoms with van der Waals surface area (Å²) in [5.41, 5.74) is 0.529. The van der Waals surface area contributed by atoms with E-state index in [-0.39, 0.29) is 22.6 Å². The molecule has 0 spiro atoms. The summed E-state index contributed by atoms with van der Waals surface area (Å²) in [6.07, 6.45) is 1.72. The van der Waals surface area contributed by atoms with Gasteiger partial charge >= 0.3 is 0 Å². The molecule has 1 saturated carbocycles. The first kappa shape index (κ1) is 13.8. The van der Waals surface area contributed by atoms with Gasteiger partial charge in [0.1, 0.15) is 4.90 Å². The number of aliphatic hydroxyl groups excluding tert-OH is 1. The predicted molar refractivity (Wildman–Crippen MR) is 69.9 cm³/mol. The van der Waals surface area contributed by atoms with Gasteiger partial charge < -0.3 is 5.11 Å². The van der Waals surface area contributed by atoms with Crippen LogP contribution in [0.25, 0.3) is 0 Å². The van der Waals surface area contributed by atoms with E-state index in [2.05, 4.69) is 11.6 Å². The van der Waals surface area contributed by atoms with Crippen molar-refractivity contribution in [2.45, 2.75) is 37.3 Å². The average Bonchev–Trinajstić information content (AvgIpc) is 2.27. The third kappa shape index (κ3) is 2.85. The Morgan fingerprint density at radius 3 is 2.67 bits per heavy atom. The molecular formula is C12H16ClNO3S. The van der Waals surface area contributed by atoms with Gasteiger partial charge in [0, 0.05) is 6.04 Å². The number of benzene rings is 1. The highest BCUT2D eigenvalue weighted by Crippen LogP contribution is 2.29. The van der Waals surface area contributed by atoms with Gasteiger partial charge in [0.15, 0.2) is 0 Å². The van der Waals surface area contributed by atoms with Crippen LogP contribution in [-0.4, -0.2) is 19.6 Å². The monoisotopic (exact) mass is 289 g/mol. The molecule has 1 aromatic carbocycles. The second kappa shape index (κ2) is 5.17. The molecule has 0 heterocycles.